The second-order valence-corrected chi connectivity index (χ2v) is 8.14. The van der Waals surface area contributed by atoms with Gasteiger partial charge in [-0.25, -0.2) is 4.79 Å². The van der Waals surface area contributed by atoms with Gasteiger partial charge < -0.3 is 15.2 Å². The number of hydrogen-bond donors (Lipinski definition) is 2. The van der Waals surface area contributed by atoms with Gasteiger partial charge in [-0.2, -0.15) is 0 Å². The Balaban J connectivity index is 1.21. The molecule has 26 heavy (non-hydrogen) atoms. The number of hydrogen-bond acceptors (Lipinski definition) is 3. The van der Waals surface area contributed by atoms with Crippen molar-refractivity contribution in [2.45, 2.75) is 43.7 Å². The molecule has 4 heteroatoms. The maximum Gasteiger partial charge on any atom is 0.407 e. The van der Waals surface area contributed by atoms with Crippen LogP contribution in [0.15, 0.2) is 48.5 Å². The number of rotatable bonds is 3. The third-order valence-electron chi connectivity index (χ3n) is 6.36. The van der Waals surface area contributed by atoms with E-state index in [2.05, 4.69) is 41.7 Å². The summed E-state index contributed by atoms with van der Waals surface area (Å²) in [6.45, 7) is 0.358. The quantitative estimate of drug-likeness (QED) is 0.885. The highest BCUT2D eigenvalue weighted by molar-refractivity contribution is 5.79. The molecule has 2 saturated carbocycles. The summed E-state index contributed by atoms with van der Waals surface area (Å²) >= 11 is 0. The summed E-state index contributed by atoms with van der Waals surface area (Å²) < 4.78 is 5.59. The molecule has 0 unspecified atom stereocenters. The molecule has 0 bridgehead atoms. The molecule has 0 radical (unpaired) electrons. The van der Waals surface area contributed by atoms with Crippen LogP contribution in [0.4, 0.5) is 4.79 Å². The fourth-order valence-electron chi connectivity index (χ4n) is 5.17. The summed E-state index contributed by atoms with van der Waals surface area (Å²) in [7, 11) is 0. The molecule has 2 aromatic carbocycles. The summed E-state index contributed by atoms with van der Waals surface area (Å²) in [5.41, 5.74) is 5.23. The minimum Gasteiger partial charge on any atom is -0.449 e. The topological polar surface area (TPSA) is 58.6 Å². The molecule has 134 valence electrons. The zero-order chi connectivity index (χ0) is 17.7. The monoisotopic (exact) mass is 349 g/mol. The van der Waals surface area contributed by atoms with Crippen LogP contribution in [0.2, 0.25) is 0 Å². The van der Waals surface area contributed by atoms with Gasteiger partial charge in [0.2, 0.25) is 0 Å². The van der Waals surface area contributed by atoms with Crippen LogP contribution in [0.5, 0.6) is 0 Å². The van der Waals surface area contributed by atoms with Gasteiger partial charge in [0.1, 0.15) is 6.61 Å². The maximum absolute atomic E-state index is 12.2. The molecule has 0 aromatic heterocycles. The van der Waals surface area contributed by atoms with Gasteiger partial charge in [0, 0.05) is 12.0 Å². The van der Waals surface area contributed by atoms with Crippen molar-refractivity contribution in [2.24, 2.45) is 5.41 Å². The Labute approximate surface area is 153 Å². The van der Waals surface area contributed by atoms with Gasteiger partial charge in [0.25, 0.3) is 0 Å². The van der Waals surface area contributed by atoms with Crippen LogP contribution in [0.25, 0.3) is 11.1 Å². The number of fused-ring (bicyclic) bond motifs is 3. The summed E-state index contributed by atoms with van der Waals surface area (Å²) in [5.74, 6) is 0.0997. The lowest BCUT2D eigenvalue weighted by atomic mass is 9.53. The number of alkyl carbamates (subject to hydrolysis) is 1. The first kappa shape index (κ1) is 15.9. The summed E-state index contributed by atoms with van der Waals surface area (Å²) in [5, 5.41) is 12.5. The molecule has 2 fully saturated rings. The van der Waals surface area contributed by atoms with E-state index in [0.29, 0.717) is 12.0 Å². The van der Waals surface area contributed by atoms with E-state index in [1.165, 1.54) is 22.3 Å². The molecule has 2 N–H and O–H groups in total. The number of carbonyl (C=O) groups is 1. The molecule has 1 amide bonds. The number of ether oxygens (including phenoxy) is 1. The van der Waals surface area contributed by atoms with Gasteiger partial charge in [-0.3, -0.25) is 0 Å². The molecular weight excluding hydrogens is 326 g/mol. The fourth-order valence-corrected chi connectivity index (χ4v) is 5.17. The van der Waals surface area contributed by atoms with E-state index in [1.54, 1.807) is 0 Å². The Kier molecular flexibility index (Phi) is 3.57. The molecule has 0 atom stereocenters. The van der Waals surface area contributed by atoms with Crippen LogP contribution < -0.4 is 5.32 Å². The lowest BCUT2D eigenvalue weighted by Gasteiger charge is -2.56. The van der Waals surface area contributed by atoms with Crippen molar-refractivity contribution in [1.82, 2.24) is 5.32 Å². The molecule has 0 aliphatic heterocycles. The standard InChI is InChI=1S/C22H23NO3/c24-15-11-22(12-15)9-14(10-22)23-21(25)26-13-20-18-7-3-1-5-16(18)17-6-2-4-8-19(17)20/h1-8,14-15,20,24H,9-13H2,(H,23,25). The zero-order valence-electron chi connectivity index (χ0n) is 14.7. The SMILES string of the molecule is O=C(NC1CC2(CC(O)C2)C1)OCC1c2ccccc2-c2ccccc21. The van der Waals surface area contributed by atoms with Crippen LogP contribution in [0.3, 0.4) is 0 Å². The van der Waals surface area contributed by atoms with Gasteiger partial charge >= 0.3 is 6.09 Å². The van der Waals surface area contributed by atoms with E-state index >= 15 is 0 Å². The molecule has 3 aliphatic carbocycles. The average molecular weight is 349 g/mol. The van der Waals surface area contributed by atoms with Gasteiger partial charge in [-0.05, 0) is 53.4 Å². The number of benzene rings is 2. The van der Waals surface area contributed by atoms with Gasteiger partial charge in [0.05, 0.1) is 6.10 Å². The van der Waals surface area contributed by atoms with Crippen molar-refractivity contribution in [3.05, 3.63) is 59.7 Å². The number of aliphatic hydroxyl groups excluding tert-OH is 1. The Hall–Kier alpha value is -2.33. The lowest BCUT2D eigenvalue weighted by molar-refractivity contribution is -0.0957. The van der Waals surface area contributed by atoms with Crippen molar-refractivity contribution in [1.29, 1.82) is 0 Å². The van der Waals surface area contributed by atoms with Crippen molar-refractivity contribution in [2.75, 3.05) is 6.61 Å². The zero-order valence-corrected chi connectivity index (χ0v) is 14.7. The number of carbonyl (C=O) groups excluding carboxylic acids is 1. The highest BCUT2D eigenvalue weighted by Crippen LogP contribution is 2.55. The number of amides is 1. The molecule has 0 saturated heterocycles. The fraction of sp³-hybridized carbons (Fsp3) is 0.409. The van der Waals surface area contributed by atoms with E-state index in [9.17, 15) is 9.90 Å². The average Bonchev–Trinajstić information content (AvgIpc) is 2.91. The van der Waals surface area contributed by atoms with Crippen molar-refractivity contribution >= 4 is 6.09 Å². The van der Waals surface area contributed by atoms with Crippen LogP contribution in [-0.4, -0.2) is 30.0 Å². The highest BCUT2D eigenvalue weighted by atomic mass is 16.5. The first-order valence-electron chi connectivity index (χ1n) is 9.43. The number of aliphatic hydroxyl groups is 1. The molecule has 0 heterocycles. The molecule has 4 nitrogen and oxygen atoms in total. The minimum absolute atomic E-state index is 0.0997. The van der Waals surface area contributed by atoms with Gasteiger partial charge in [-0.1, -0.05) is 48.5 Å². The van der Waals surface area contributed by atoms with Crippen LogP contribution in [0.1, 0.15) is 42.7 Å². The predicted molar refractivity (Wildman–Crippen MR) is 98.9 cm³/mol. The normalized spacial score (nSPS) is 28.7. The van der Waals surface area contributed by atoms with E-state index in [1.807, 2.05) is 12.1 Å². The third-order valence-corrected chi connectivity index (χ3v) is 6.36. The second kappa shape index (κ2) is 5.85. The van der Waals surface area contributed by atoms with E-state index < -0.39 is 0 Å². The van der Waals surface area contributed by atoms with Crippen LogP contribution in [0, 0.1) is 5.41 Å². The van der Waals surface area contributed by atoms with E-state index in [4.69, 9.17) is 4.74 Å². The summed E-state index contributed by atoms with van der Waals surface area (Å²) in [6, 6.07) is 16.9. The Bertz CT molecular complexity index is 802. The largest absolute Gasteiger partial charge is 0.449 e. The third kappa shape index (κ3) is 2.52. The van der Waals surface area contributed by atoms with Gasteiger partial charge in [-0.15, -0.1) is 0 Å². The van der Waals surface area contributed by atoms with Crippen LogP contribution in [-0.2, 0) is 4.74 Å². The Morgan fingerprint density at radius 1 is 1.00 bits per heavy atom. The van der Waals surface area contributed by atoms with Crippen molar-refractivity contribution in [3.8, 4) is 11.1 Å². The first-order valence-corrected chi connectivity index (χ1v) is 9.43. The Morgan fingerprint density at radius 2 is 1.58 bits per heavy atom. The molecule has 5 rings (SSSR count). The summed E-state index contributed by atoms with van der Waals surface area (Å²) in [6.07, 6.45) is 3.24. The van der Waals surface area contributed by atoms with E-state index in [0.717, 1.165) is 25.7 Å². The highest BCUT2D eigenvalue weighted by Gasteiger charge is 2.52. The molecule has 3 aliphatic rings. The molecule has 2 aromatic rings. The Morgan fingerprint density at radius 3 is 2.15 bits per heavy atom. The first-order chi connectivity index (χ1) is 12.6. The van der Waals surface area contributed by atoms with Crippen molar-refractivity contribution < 1.29 is 14.6 Å². The second-order valence-electron chi connectivity index (χ2n) is 8.14. The minimum atomic E-state index is -0.327. The van der Waals surface area contributed by atoms with Crippen LogP contribution >= 0.6 is 0 Å². The summed E-state index contributed by atoms with van der Waals surface area (Å²) in [4.78, 5) is 12.2. The number of nitrogens with one attached hydrogen (secondary N) is 1. The van der Waals surface area contributed by atoms with Gasteiger partial charge in [0.15, 0.2) is 0 Å². The maximum atomic E-state index is 12.2. The van der Waals surface area contributed by atoms with E-state index in [-0.39, 0.29) is 24.2 Å². The van der Waals surface area contributed by atoms with Crippen molar-refractivity contribution in [3.63, 3.8) is 0 Å². The smallest absolute Gasteiger partial charge is 0.407 e. The molecule has 1 spiro atoms. The molecular formula is C22H23NO3. The lowest BCUT2D eigenvalue weighted by Crippen LogP contribution is -2.57. The predicted octanol–water partition coefficient (Wildman–Crippen LogP) is 3.83.